The minimum absolute atomic E-state index is 0.177. The Kier molecular flexibility index (Phi) is 2.34. The quantitative estimate of drug-likeness (QED) is 0.517. The summed E-state index contributed by atoms with van der Waals surface area (Å²) in [4.78, 5) is 12.3. The number of carbonyl (C=O) groups excluding carboxylic acids is 1. The molecule has 0 unspecified atom stereocenters. The Morgan fingerprint density at radius 3 is 2.73 bits per heavy atom. The van der Waals surface area contributed by atoms with Gasteiger partial charge in [0, 0.05) is 12.6 Å². The van der Waals surface area contributed by atoms with Gasteiger partial charge in [0.05, 0.1) is 6.10 Å². The number of β-amino-alcohol motifs (C(OH)–C–C–N with tert-alkyl or cyclic N) is 1. The van der Waals surface area contributed by atoms with Gasteiger partial charge in [0.1, 0.15) is 0 Å². The highest BCUT2D eigenvalue weighted by molar-refractivity contribution is 5.72. The van der Waals surface area contributed by atoms with Crippen molar-refractivity contribution in [2.24, 2.45) is 5.73 Å². The number of likely N-dealkylation sites (tertiary alicyclic amines) is 1. The van der Waals surface area contributed by atoms with Gasteiger partial charge in [-0.3, -0.25) is 0 Å². The summed E-state index contributed by atoms with van der Waals surface area (Å²) in [5.41, 5.74) is 5.10. The van der Waals surface area contributed by atoms with Crippen LogP contribution in [-0.4, -0.2) is 34.7 Å². The van der Waals surface area contributed by atoms with E-state index >= 15 is 0 Å². The summed E-state index contributed by atoms with van der Waals surface area (Å²) in [7, 11) is 0. The maximum absolute atomic E-state index is 10.7. The molecule has 0 bridgehead atoms. The van der Waals surface area contributed by atoms with Crippen molar-refractivity contribution in [1.82, 2.24) is 4.90 Å². The fourth-order valence-electron chi connectivity index (χ4n) is 1.39. The van der Waals surface area contributed by atoms with Crippen LogP contribution in [0.1, 0.15) is 19.8 Å². The van der Waals surface area contributed by atoms with Gasteiger partial charge in [0.15, 0.2) is 0 Å². The lowest BCUT2D eigenvalue weighted by atomic mass is 10.0. The van der Waals surface area contributed by atoms with Crippen LogP contribution < -0.4 is 5.73 Å². The van der Waals surface area contributed by atoms with Gasteiger partial charge in [-0.1, -0.05) is 0 Å². The van der Waals surface area contributed by atoms with Crippen molar-refractivity contribution < 1.29 is 9.90 Å². The second-order valence-electron chi connectivity index (χ2n) is 3.07. The highest BCUT2D eigenvalue weighted by Crippen LogP contribution is 2.15. The molecular formula is C7H14N2O2. The number of piperidine rings is 1. The fraction of sp³-hybridized carbons (Fsp3) is 0.857. The Balaban J connectivity index is 2.54. The van der Waals surface area contributed by atoms with Crippen molar-refractivity contribution in [3.63, 3.8) is 0 Å². The van der Waals surface area contributed by atoms with Gasteiger partial charge in [-0.05, 0) is 19.8 Å². The van der Waals surface area contributed by atoms with Crippen molar-refractivity contribution in [1.29, 1.82) is 0 Å². The van der Waals surface area contributed by atoms with E-state index in [0.29, 0.717) is 6.54 Å². The molecule has 0 aromatic heterocycles. The van der Waals surface area contributed by atoms with Gasteiger partial charge < -0.3 is 15.7 Å². The van der Waals surface area contributed by atoms with Gasteiger partial charge in [-0.25, -0.2) is 4.79 Å². The van der Waals surface area contributed by atoms with Crippen molar-refractivity contribution in [2.75, 3.05) is 6.54 Å². The summed E-state index contributed by atoms with van der Waals surface area (Å²) in [6, 6.07) is -0.257. The first kappa shape index (κ1) is 8.33. The van der Waals surface area contributed by atoms with E-state index < -0.39 is 12.1 Å². The molecule has 64 valence electrons. The number of urea groups is 1. The summed E-state index contributed by atoms with van der Waals surface area (Å²) in [5, 5.41) is 9.20. The zero-order chi connectivity index (χ0) is 8.43. The number of primary amides is 1. The third kappa shape index (κ3) is 1.83. The Bertz CT molecular complexity index is 161. The number of aliphatic hydroxyl groups excluding tert-OH is 1. The molecule has 0 spiro atoms. The third-order valence-corrected chi connectivity index (χ3v) is 2.14. The molecule has 2 atom stereocenters. The summed E-state index contributed by atoms with van der Waals surface area (Å²) < 4.78 is 0. The minimum atomic E-state index is -0.434. The molecule has 0 aromatic rings. The Morgan fingerprint density at radius 1 is 1.64 bits per heavy atom. The lowest BCUT2D eigenvalue weighted by molar-refractivity contribution is 0.0627. The molecule has 4 nitrogen and oxygen atoms in total. The van der Waals surface area contributed by atoms with Gasteiger partial charge >= 0.3 is 6.03 Å². The molecule has 0 aromatic carbocycles. The molecular weight excluding hydrogens is 144 g/mol. The second kappa shape index (κ2) is 3.09. The molecule has 1 rings (SSSR count). The third-order valence-electron chi connectivity index (χ3n) is 2.14. The fourth-order valence-corrected chi connectivity index (χ4v) is 1.39. The van der Waals surface area contributed by atoms with Crippen LogP contribution in [0.4, 0.5) is 4.79 Å². The molecule has 1 aliphatic rings. The van der Waals surface area contributed by atoms with Gasteiger partial charge in [-0.15, -0.1) is 0 Å². The lowest BCUT2D eigenvalue weighted by Gasteiger charge is -2.34. The van der Waals surface area contributed by atoms with E-state index in [9.17, 15) is 9.90 Å². The number of hydrogen-bond donors (Lipinski definition) is 2. The summed E-state index contributed by atoms with van der Waals surface area (Å²) in [6.07, 6.45) is 1.22. The van der Waals surface area contributed by atoms with Crippen LogP contribution in [0.3, 0.4) is 0 Å². The summed E-state index contributed by atoms with van der Waals surface area (Å²) in [6.45, 7) is 2.33. The first-order valence-corrected chi connectivity index (χ1v) is 3.85. The number of carbonyl (C=O) groups is 1. The topological polar surface area (TPSA) is 66.6 Å². The van der Waals surface area contributed by atoms with Gasteiger partial charge in [0.25, 0.3) is 0 Å². The number of nitrogens with two attached hydrogens (primary N) is 1. The summed E-state index contributed by atoms with van der Waals surface area (Å²) >= 11 is 0. The van der Waals surface area contributed by atoms with E-state index in [-0.39, 0.29) is 6.04 Å². The average molecular weight is 158 g/mol. The molecule has 1 heterocycles. The van der Waals surface area contributed by atoms with Gasteiger partial charge in [-0.2, -0.15) is 0 Å². The molecule has 4 heteroatoms. The number of amides is 2. The van der Waals surface area contributed by atoms with Crippen molar-refractivity contribution >= 4 is 6.03 Å². The molecule has 1 fully saturated rings. The molecule has 2 amide bonds. The van der Waals surface area contributed by atoms with E-state index in [1.165, 1.54) is 4.90 Å². The first-order chi connectivity index (χ1) is 5.11. The predicted molar refractivity (Wildman–Crippen MR) is 41.0 cm³/mol. The zero-order valence-electron chi connectivity index (χ0n) is 6.66. The standard InChI is InChI=1S/C7H14N2O2/c1-5-2-3-6(10)4-9(5)7(8)11/h5-6,10H,2-4H2,1H3,(H2,8,11)/t5-,6-/m1/s1. The maximum atomic E-state index is 10.7. The Morgan fingerprint density at radius 2 is 2.27 bits per heavy atom. The minimum Gasteiger partial charge on any atom is -0.391 e. The van der Waals surface area contributed by atoms with Crippen molar-refractivity contribution in [3.8, 4) is 0 Å². The number of nitrogens with zero attached hydrogens (tertiary/aromatic N) is 1. The summed E-state index contributed by atoms with van der Waals surface area (Å²) in [5.74, 6) is 0. The van der Waals surface area contributed by atoms with E-state index in [2.05, 4.69) is 0 Å². The van der Waals surface area contributed by atoms with E-state index in [0.717, 1.165) is 12.8 Å². The number of aliphatic hydroxyl groups is 1. The van der Waals surface area contributed by atoms with Crippen LogP contribution in [0.5, 0.6) is 0 Å². The van der Waals surface area contributed by atoms with E-state index in [1.807, 2.05) is 6.92 Å². The molecule has 11 heavy (non-hydrogen) atoms. The highest BCUT2D eigenvalue weighted by Gasteiger charge is 2.25. The predicted octanol–water partition coefficient (Wildman–Crippen LogP) is -0.0897. The largest absolute Gasteiger partial charge is 0.391 e. The molecule has 0 saturated carbocycles. The van der Waals surface area contributed by atoms with Crippen LogP contribution in [-0.2, 0) is 0 Å². The van der Waals surface area contributed by atoms with Crippen LogP contribution in [0.25, 0.3) is 0 Å². The number of hydrogen-bond acceptors (Lipinski definition) is 2. The number of rotatable bonds is 0. The van der Waals surface area contributed by atoms with Crippen LogP contribution in [0, 0.1) is 0 Å². The highest BCUT2D eigenvalue weighted by atomic mass is 16.3. The smallest absolute Gasteiger partial charge is 0.315 e. The molecule has 0 radical (unpaired) electrons. The van der Waals surface area contributed by atoms with Crippen LogP contribution in [0.15, 0.2) is 0 Å². The molecule has 3 N–H and O–H groups in total. The molecule has 1 saturated heterocycles. The second-order valence-corrected chi connectivity index (χ2v) is 3.07. The average Bonchev–Trinajstić information content (AvgIpc) is 1.94. The maximum Gasteiger partial charge on any atom is 0.315 e. The normalized spacial score (nSPS) is 32.0. The van der Waals surface area contributed by atoms with Crippen LogP contribution in [0.2, 0.25) is 0 Å². The van der Waals surface area contributed by atoms with Crippen molar-refractivity contribution in [2.45, 2.75) is 31.9 Å². The van der Waals surface area contributed by atoms with E-state index in [4.69, 9.17) is 5.73 Å². The van der Waals surface area contributed by atoms with Crippen molar-refractivity contribution in [3.05, 3.63) is 0 Å². The van der Waals surface area contributed by atoms with Gasteiger partial charge in [0.2, 0.25) is 0 Å². The van der Waals surface area contributed by atoms with E-state index in [1.54, 1.807) is 0 Å². The van der Waals surface area contributed by atoms with Crippen LogP contribution >= 0.6 is 0 Å². The Hall–Kier alpha value is -0.770. The molecule has 1 aliphatic heterocycles. The SMILES string of the molecule is C[C@@H]1CC[C@@H](O)CN1C(N)=O. The Labute approximate surface area is 66.0 Å². The monoisotopic (exact) mass is 158 g/mol. The molecule has 0 aliphatic carbocycles. The zero-order valence-corrected chi connectivity index (χ0v) is 6.66. The lowest BCUT2D eigenvalue weighted by Crippen LogP contribution is -2.49. The first-order valence-electron chi connectivity index (χ1n) is 3.85.